The van der Waals surface area contributed by atoms with Crippen molar-refractivity contribution in [2.45, 2.75) is 32.2 Å². The largest absolute Gasteiger partial charge is 0.481 e. The number of anilines is 2. The third kappa shape index (κ3) is 7.54. The number of amides is 2. The van der Waals surface area contributed by atoms with Crippen molar-refractivity contribution in [2.75, 3.05) is 10.6 Å². The molecule has 10 nitrogen and oxygen atoms in total. The van der Waals surface area contributed by atoms with Gasteiger partial charge in [0.15, 0.2) is 0 Å². The maximum Gasteiger partial charge on any atom is 0.321 e. The molecule has 0 aliphatic carbocycles. The van der Waals surface area contributed by atoms with E-state index in [1.807, 2.05) is 48.5 Å². The van der Waals surface area contributed by atoms with Crippen LogP contribution in [0.25, 0.3) is 0 Å². The van der Waals surface area contributed by atoms with Crippen LogP contribution in [0.5, 0.6) is 0 Å². The van der Waals surface area contributed by atoms with E-state index in [0.29, 0.717) is 12.8 Å². The molecule has 33 heavy (non-hydrogen) atoms. The third-order valence-corrected chi connectivity index (χ3v) is 4.92. The highest BCUT2D eigenvalue weighted by molar-refractivity contribution is 5.99. The first kappa shape index (κ1) is 25.2. The third-order valence-electron chi connectivity index (χ3n) is 4.92. The molecular weight excluding hydrogens is 430 g/mol. The second-order valence-electron chi connectivity index (χ2n) is 7.44. The summed E-state index contributed by atoms with van der Waals surface area (Å²) in [5.74, 6) is -4.10. The lowest BCUT2D eigenvalue weighted by Gasteiger charge is -2.15. The summed E-state index contributed by atoms with van der Waals surface area (Å²) >= 11 is 0. The SMILES string of the molecule is CC(=O)C(CC(=O)O)[C@H](N)C(=O)O.O=C1Cc2ccccc2N1.O=C1Cc2ccccc2N1. The standard InChI is InChI=1S/2C8H7NO.C7H11NO5/c2*10-8-5-6-3-1-2-4-7(6)9-8;1-3(9)4(2-5(10)11)6(8)7(12)13/h2*1-4H,5H2,(H,9,10);4,6H,2,8H2,1H3,(H,10,11)(H,12,13)/t;;4?,6-/m..0/s1. The predicted molar refractivity (Wildman–Crippen MR) is 120 cm³/mol. The quantitative estimate of drug-likeness (QED) is 0.450. The molecule has 2 atom stereocenters. The molecule has 2 aromatic carbocycles. The van der Waals surface area contributed by atoms with E-state index < -0.39 is 36.1 Å². The van der Waals surface area contributed by atoms with Gasteiger partial charge >= 0.3 is 11.9 Å². The van der Waals surface area contributed by atoms with Crippen LogP contribution in [0, 0.1) is 5.92 Å². The van der Waals surface area contributed by atoms with E-state index in [4.69, 9.17) is 15.9 Å². The van der Waals surface area contributed by atoms with Gasteiger partial charge in [0.25, 0.3) is 0 Å². The van der Waals surface area contributed by atoms with Gasteiger partial charge in [-0.1, -0.05) is 36.4 Å². The van der Waals surface area contributed by atoms with E-state index in [-0.39, 0.29) is 11.8 Å². The Morgan fingerprint density at radius 2 is 1.30 bits per heavy atom. The number of aliphatic carboxylic acids is 2. The lowest BCUT2D eigenvalue weighted by atomic mass is 9.93. The van der Waals surface area contributed by atoms with Crippen LogP contribution in [-0.2, 0) is 36.8 Å². The maximum absolute atomic E-state index is 10.8. The first-order chi connectivity index (χ1) is 15.6. The van der Waals surface area contributed by atoms with Crippen molar-refractivity contribution < 1.29 is 34.2 Å². The van der Waals surface area contributed by atoms with Gasteiger partial charge in [-0.3, -0.25) is 24.0 Å². The van der Waals surface area contributed by atoms with Crippen molar-refractivity contribution in [1.82, 2.24) is 0 Å². The lowest BCUT2D eigenvalue weighted by molar-refractivity contribution is -0.145. The molecule has 0 saturated carbocycles. The van der Waals surface area contributed by atoms with Crippen LogP contribution in [0.15, 0.2) is 48.5 Å². The zero-order chi connectivity index (χ0) is 24.5. The van der Waals surface area contributed by atoms with E-state index in [2.05, 4.69) is 10.6 Å². The molecule has 4 rings (SSSR count). The summed E-state index contributed by atoms with van der Waals surface area (Å²) in [6.07, 6.45) is 0.523. The number of rotatable bonds is 5. The number of nitrogens with one attached hydrogen (secondary N) is 2. The number of nitrogens with two attached hydrogens (primary N) is 1. The van der Waals surface area contributed by atoms with E-state index in [9.17, 15) is 24.0 Å². The first-order valence-electron chi connectivity index (χ1n) is 10.0. The molecule has 0 saturated heterocycles. The van der Waals surface area contributed by atoms with Crippen molar-refractivity contribution >= 4 is 40.9 Å². The van der Waals surface area contributed by atoms with Crippen LogP contribution in [0.4, 0.5) is 11.4 Å². The Morgan fingerprint density at radius 3 is 1.64 bits per heavy atom. The van der Waals surface area contributed by atoms with Crippen molar-refractivity contribution in [1.29, 1.82) is 0 Å². The van der Waals surface area contributed by atoms with Gasteiger partial charge in [-0.15, -0.1) is 0 Å². The maximum atomic E-state index is 10.8. The summed E-state index contributed by atoms with van der Waals surface area (Å²) < 4.78 is 0. The van der Waals surface area contributed by atoms with Gasteiger partial charge in [-0.05, 0) is 30.2 Å². The fourth-order valence-electron chi connectivity index (χ4n) is 3.21. The highest BCUT2D eigenvalue weighted by Crippen LogP contribution is 2.21. The highest BCUT2D eigenvalue weighted by atomic mass is 16.4. The molecule has 174 valence electrons. The molecule has 2 aliphatic heterocycles. The Morgan fingerprint density at radius 1 is 0.879 bits per heavy atom. The van der Waals surface area contributed by atoms with Gasteiger partial charge in [-0.2, -0.15) is 0 Å². The fraction of sp³-hybridized carbons (Fsp3) is 0.261. The van der Waals surface area contributed by atoms with Crippen molar-refractivity contribution in [3.05, 3.63) is 59.7 Å². The number of ketones is 1. The minimum absolute atomic E-state index is 0.0983. The predicted octanol–water partition coefficient (Wildman–Crippen LogP) is 1.44. The number of para-hydroxylation sites is 2. The second kappa shape index (κ2) is 11.5. The summed E-state index contributed by atoms with van der Waals surface area (Å²) in [5, 5.41) is 22.3. The van der Waals surface area contributed by atoms with Crippen LogP contribution >= 0.6 is 0 Å². The molecule has 2 amide bonds. The summed E-state index contributed by atoms with van der Waals surface area (Å²) in [7, 11) is 0. The Labute approximate surface area is 189 Å². The number of carboxylic acids is 2. The highest BCUT2D eigenvalue weighted by Gasteiger charge is 2.30. The molecule has 2 aliphatic rings. The Kier molecular flexibility index (Phi) is 8.81. The number of benzene rings is 2. The topological polar surface area (TPSA) is 176 Å². The normalized spacial score (nSPS) is 14.6. The van der Waals surface area contributed by atoms with Gasteiger partial charge in [0.05, 0.1) is 25.2 Å². The molecular formula is C23H25N3O7. The van der Waals surface area contributed by atoms with Gasteiger partial charge in [0, 0.05) is 11.4 Å². The number of hydrogen-bond donors (Lipinski definition) is 5. The van der Waals surface area contributed by atoms with Crippen LogP contribution in [0.1, 0.15) is 24.5 Å². The monoisotopic (exact) mass is 455 g/mol. The number of carbonyl (C=O) groups excluding carboxylic acids is 3. The minimum Gasteiger partial charge on any atom is -0.481 e. The van der Waals surface area contributed by atoms with Crippen molar-refractivity contribution in [2.24, 2.45) is 11.7 Å². The lowest BCUT2D eigenvalue weighted by Crippen LogP contribution is -2.42. The number of carbonyl (C=O) groups is 5. The molecule has 0 spiro atoms. The molecule has 2 aromatic rings. The summed E-state index contributed by atoms with van der Waals surface area (Å²) in [5.41, 5.74) is 9.27. The number of fused-ring (bicyclic) bond motifs is 2. The van der Waals surface area contributed by atoms with Crippen LogP contribution in [0.3, 0.4) is 0 Å². The Bertz CT molecular complexity index is 954. The van der Waals surface area contributed by atoms with Gasteiger partial charge < -0.3 is 26.6 Å². The van der Waals surface area contributed by atoms with Crippen molar-refractivity contribution in [3.63, 3.8) is 0 Å². The summed E-state index contributed by atoms with van der Waals surface area (Å²) in [4.78, 5) is 53.0. The number of Topliss-reactive ketones (excluding diaryl/α,β-unsaturated/α-hetero) is 1. The van der Waals surface area contributed by atoms with Crippen LogP contribution in [-0.4, -0.2) is 45.8 Å². The van der Waals surface area contributed by atoms with Crippen molar-refractivity contribution in [3.8, 4) is 0 Å². The minimum atomic E-state index is -1.45. The fourth-order valence-corrected chi connectivity index (χ4v) is 3.21. The molecule has 0 aromatic heterocycles. The summed E-state index contributed by atoms with van der Waals surface area (Å²) in [6, 6.07) is 14.0. The molecule has 0 radical (unpaired) electrons. The summed E-state index contributed by atoms with van der Waals surface area (Å²) in [6.45, 7) is 1.12. The van der Waals surface area contributed by atoms with E-state index in [1.165, 1.54) is 0 Å². The molecule has 0 bridgehead atoms. The van der Waals surface area contributed by atoms with Crippen LogP contribution < -0.4 is 16.4 Å². The van der Waals surface area contributed by atoms with Gasteiger partial charge in [0.2, 0.25) is 11.8 Å². The molecule has 2 heterocycles. The van der Waals surface area contributed by atoms with Gasteiger partial charge in [-0.25, -0.2) is 0 Å². The second-order valence-corrected chi connectivity index (χ2v) is 7.44. The molecule has 6 N–H and O–H groups in total. The molecule has 10 heteroatoms. The van der Waals surface area contributed by atoms with E-state index >= 15 is 0 Å². The average Bonchev–Trinajstić information content (AvgIpc) is 3.32. The number of carboxylic acid groups (broad SMARTS) is 2. The Balaban J connectivity index is 0.000000176. The smallest absolute Gasteiger partial charge is 0.321 e. The molecule has 0 fully saturated rings. The van der Waals surface area contributed by atoms with Crippen LogP contribution in [0.2, 0.25) is 0 Å². The average molecular weight is 455 g/mol. The van der Waals surface area contributed by atoms with E-state index in [1.54, 1.807) is 0 Å². The van der Waals surface area contributed by atoms with Gasteiger partial charge in [0.1, 0.15) is 11.8 Å². The van der Waals surface area contributed by atoms with E-state index in [0.717, 1.165) is 29.4 Å². The zero-order valence-corrected chi connectivity index (χ0v) is 17.9. The first-order valence-corrected chi connectivity index (χ1v) is 10.0. The number of hydrogen-bond acceptors (Lipinski definition) is 6. The zero-order valence-electron chi connectivity index (χ0n) is 17.9. The molecule has 1 unspecified atom stereocenters. The Hall–Kier alpha value is -4.05.